The predicted molar refractivity (Wildman–Crippen MR) is 90.4 cm³/mol. The number of hydrogen-bond acceptors (Lipinski definition) is 4. The maximum Gasteiger partial charge on any atom is 0.137 e. The highest BCUT2D eigenvalue weighted by Gasteiger charge is 2.07. The van der Waals surface area contributed by atoms with Crippen molar-refractivity contribution in [2.24, 2.45) is 0 Å². The fraction of sp³-hybridized carbons (Fsp3) is 0.0556. The van der Waals surface area contributed by atoms with E-state index in [1.807, 2.05) is 35.0 Å². The van der Waals surface area contributed by atoms with Crippen molar-refractivity contribution in [1.29, 1.82) is 0 Å². The SMILES string of the molecule is Fc1ccc2c(NCc3ccccc3-n3ccnc3)ncnc2c1. The Morgan fingerprint density at radius 2 is 2.00 bits per heavy atom. The van der Waals surface area contributed by atoms with Crippen LogP contribution < -0.4 is 5.32 Å². The van der Waals surface area contributed by atoms with Gasteiger partial charge in [0.15, 0.2) is 0 Å². The Kier molecular flexibility index (Phi) is 3.63. The first-order valence-corrected chi connectivity index (χ1v) is 7.51. The summed E-state index contributed by atoms with van der Waals surface area (Å²) in [5.41, 5.74) is 2.73. The molecule has 2 heterocycles. The molecule has 0 aliphatic heterocycles. The summed E-state index contributed by atoms with van der Waals surface area (Å²) in [7, 11) is 0. The summed E-state index contributed by atoms with van der Waals surface area (Å²) in [6, 6.07) is 12.6. The van der Waals surface area contributed by atoms with Gasteiger partial charge in [-0.25, -0.2) is 19.3 Å². The Morgan fingerprint density at radius 1 is 1.08 bits per heavy atom. The van der Waals surface area contributed by atoms with Crippen molar-refractivity contribution < 1.29 is 4.39 Å². The first-order valence-electron chi connectivity index (χ1n) is 7.51. The van der Waals surface area contributed by atoms with E-state index in [1.54, 1.807) is 18.6 Å². The summed E-state index contributed by atoms with van der Waals surface area (Å²) < 4.78 is 15.3. The first-order chi connectivity index (χ1) is 11.8. The monoisotopic (exact) mass is 319 g/mol. The summed E-state index contributed by atoms with van der Waals surface area (Å²) in [6.45, 7) is 0.581. The molecule has 0 radical (unpaired) electrons. The van der Waals surface area contributed by atoms with E-state index < -0.39 is 0 Å². The number of nitrogens with one attached hydrogen (secondary N) is 1. The number of hydrogen-bond donors (Lipinski definition) is 1. The van der Waals surface area contributed by atoms with Crippen LogP contribution in [0.5, 0.6) is 0 Å². The predicted octanol–water partition coefficient (Wildman–Crippen LogP) is 3.57. The fourth-order valence-corrected chi connectivity index (χ4v) is 2.66. The molecule has 2 aromatic carbocycles. The molecule has 0 aliphatic carbocycles. The Balaban J connectivity index is 1.65. The number of imidazole rings is 1. The molecule has 0 fully saturated rings. The highest BCUT2D eigenvalue weighted by atomic mass is 19.1. The Labute approximate surface area is 137 Å². The zero-order valence-electron chi connectivity index (χ0n) is 12.7. The molecule has 0 bridgehead atoms. The van der Waals surface area contributed by atoms with Gasteiger partial charge in [-0.2, -0.15) is 0 Å². The van der Waals surface area contributed by atoms with Gasteiger partial charge in [-0.1, -0.05) is 18.2 Å². The van der Waals surface area contributed by atoms with Gasteiger partial charge in [0, 0.05) is 30.4 Å². The molecule has 2 aromatic heterocycles. The lowest BCUT2D eigenvalue weighted by atomic mass is 10.1. The molecule has 1 N–H and O–H groups in total. The van der Waals surface area contributed by atoms with E-state index in [1.165, 1.54) is 18.5 Å². The molecular weight excluding hydrogens is 305 g/mol. The van der Waals surface area contributed by atoms with Crippen LogP contribution in [0, 0.1) is 5.82 Å². The lowest BCUT2D eigenvalue weighted by Gasteiger charge is -2.12. The van der Waals surface area contributed by atoms with Gasteiger partial charge in [0.1, 0.15) is 18.0 Å². The molecule has 0 aliphatic rings. The summed E-state index contributed by atoms with van der Waals surface area (Å²) in [5, 5.41) is 4.11. The average Bonchev–Trinajstić information content (AvgIpc) is 3.14. The van der Waals surface area contributed by atoms with Gasteiger partial charge >= 0.3 is 0 Å². The van der Waals surface area contributed by atoms with Crippen LogP contribution in [0.15, 0.2) is 67.5 Å². The third kappa shape index (κ3) is 2.69. The Hall–Kier alpha value is -3.28. The normalized spacial score (nSPS) is 10.9. The lowest BCUT2D eigenvalue weighted by molar-refractivity contribution is 0.629. The molecule has 5 nitrogen and oxygen atoms in total. The van der Waals surface area contributed by atoms with Gasteiger partial charge < -0.3 is 9.88 Å². The second-order valence-corrected chi connectivity index (χ2v) is 5.34. The van der Waals surface area contributed by atoms with Crippen molar-refractivity contribution >= 4 is 16.7 Å². The third-order valence-corrected chi connectivity index (χ3v) is 3.82. The van der Waals surface area contributed by atoms with Crippen molar-refractivity contribution in [1.82, 2.24) is 19.5 Å². The second-order valence-electron chi connectivity index (χ2n) is 5.34. The van der Waals surface area contributed by atoms with Crippen molar-refractivity contribution in [3.63, 3.8) is 0 Å². The molecule has 4 aromatic rings. The van der Waals surface area contributed by atoms with Gasteiger partial charge in [0.05, 0.1) is 17.5 Å². The van der Waals surface area contributed by atoms with Crippen molar-refractivity contribution in [2.75, 3.05) is 5.32 Å². The quantitative estimate of drug-likeness (QED) is 0.625. The van der Waals surface area contributed by atoms with Gasteiger partial charge in [0.2, 0.25) is 0 Å². The summed E-state index contributed by atoms with van der Waals surface area (Å²) in [5.74, 6) is 0.373. The number of halogens is 1. The molecule has 6 heteroatoms. The van der Waals surface area contributed by atoms with E-state index in [0.29, 0.717) is 17.9 Å². The Morgan fingerprint density at radius 3 is 2.88 bits per heavy atom. The van der Waals surface area contributed by atoms with Crippen LogP contribution in [0.2, 0.25) is 0 Å². The minimum absolute atomic E-state index is 0.308. The van der Waals surface area contributed by atoms with E-state index in [-0.39, 0.29) is 5.82 Å². The molecule has 0 spiro atoms. The minimum Gasteiger partial charge on any atom is -0.365 e. The number of fused-ring (bicyclic) bond motifs is 1. The topological polar surface area (TPSA) is 55.6 Å². The van der Waals surface area contributed by atoms with Crippen LogP contribution in [0.4, 0.5) is 10.2 Å². The molecule has 118 valence electrons. The molecule has 0 unspecified atom stereocenters. The smallest absolute Gasteiger partial charge is 0.137 e. The molecule has 0 amide bonds. The van der Waals surface area contributed by atoms with Crippen molar-refractivity contribution in [2.45, 2.75) is 6.54 Å². The molecule has 4 rings (SSSR count). The molecular formula is C18H14FN5. The van der Waals surface area contributed by atoms with Crippen molar-refractivity contribution in [3.05, 3.63) is 78.9 Å². The average molecular weight is 319 g/mol. The van der Waals surface area contributed by atoms with E-state index in [2.05, 4.69) is 20.3 Å². The maximum atomic E-state index is 13.3. The maximum absolute atomic E-state index is 13.3. The van der Waals surface area contributed by atoms with Crippen LogP contribution in [-0.4, -0.2) is 19.5 Å². The van der Waals surface area contributed by atoms with Crippen LogP contribution in [0.1, 0.15) is 5.56 Å². The van der Waals surface area contributed by atoms with Gasteiger partial charge in [-0.05, 0) is 23.8 Å². The first kappa shape index (κ1) is 14.3. The molecule has 0 saturated heterocycles. The molecule has 0 saturated carbocycles. The summed E-state index contributed by atoms with van der Waals surface area (Å²) in [4.78, 5) is 12.5. The molecule has 24 heavy (non-hydrogen) atoms. The number of nitrogens with zero attached hydrogens (tertiary/aromatic N) is 4. The largest absolute Gasteiger partial charge is 0.365 e. The van der Waals surface area contributed by atoms with Crippen LogP contribution in [0.3, 0.4) is 0 Å². The number of anilines is 1. The zero-order valence-corrected chi connectivity index (χ0v) is 12.7. The number of aromatic nitrogens is 4. The van der Waals surface area contributed by atoms with E-state index in [4.69, 9.17) is 0 Å². The minimum atomic E-state index is -0.308. The Bertz CT molecular complexity index is 982. The molecule has 0 atom stereocenters. The van der Waals surface area contributed by atoms with Crippen LogP contribution in [-0.2, 0) is 6.54 Å². The number of para-hydroxylation sites is 1. The summed E-state index contributed by atoms with van der Waals surface area (Å²) in [6.07, 6.45) is 6.85. The van der Waals surface area contributed by atoms with Crippen LogP contribution >= 0.6 is 0 Å². The fourth-order valence-electron chi connectivity index (χ4n) is 2.66. The van der Waals surface area contributed by atoms with Crippen molar-refractivity contribution in [3.8, 4) is 5.69 Å². The van der Waals surface area contributed by atoms with E-state index in [9.17, 15) is 4.39 Å². The van der Waals surface area contributed by atoms with Gasteiger partial charge in [0.25, 0.3) is 0 Å². The lowest BCUT2D eigenvalue weighted by Crippen LogP contribution is -2.06. The standard InChI is InChI=1S/C18H14FN5/c19-14-5-6-15-16(9-14)22-11-23-18(15)21-10-13-3-1-2-4-17(13)24-8-7-20-12-24/h1-9,11-12H,10H2,(H,21,22,23). The van der Waals surface area contributed by atoms with E-state index >= 15 is 0 Å². The number of rotatable bonds is 4. The number of benzene rings is 2. The highest BCUT2D eigenvalue weighted by Crippen LogP contribution is 2.21. The van der Waals surface area contributed by atoms with E-state index in [0.717, 1.165) is 16.6 Å². The summed E-state index contributed by atoms with van der Waals surface area (Å²) >= 11 is 0. The van der Waals surface area contributed by atoms with Gasteiger partial charge in [-0.15, -0.1) is 0 Å². The zero-order chi connectivity index (χ0) is 16.4. The second kappa shape index (κ2) is 6.08. The third-order valence-electron chi connectivity index (χ3n) is 3.82. The van der Waals surface area contributed by atoms with Crippen LogP contribution in [0.25, 0.3) is 16.6 Å². The highest BCUT2D eigenvalue weighted by molar-refractivity contribution is 5.88. The van der Waals surface area contributed by atoms with Gasteiger partial charge in [-0.3, -0.25) is 0 Å².